The van der Waals surface area contributed by atoms with Crippen molar-refractivity contribution in [1.29, 1.82) is 0 Å². The van der Waals surface area contributed by atoms with Gasteiger partial charge in [0.2, 0.25) is 5.91 Å². The number of nitrogens with two attached hydrogens (primary N) is 1. The number of hydrogen-bond donors (Lipinski definition) is 2. The van der Waals surface area contributed by atoms with Crippen molar-refractivity contribution in [1.82, 2.24) is 19.8 Å². The van der Waals surface area contributed by atoms with Crippen molar-refractivity contribution in [3.05, 3.63) is 82.6 Å². The van der Waals surface area contributed by atoms with E-state index < -0.39 is 5.91 Å². The van der Waals surface area contributed by atoms with E-state index in [0.29, 0.717) is 23.6 Å². The number of aromatic amines is 1. The Morgan fingerprint density at radius 3 is 2.52 bits per heavy atom. The Kier molecular flexibility index (Phi) is 8.99. The van der Waals surface area contributed by atoms with Gasteiger partial charge in [-0.3, -0.25) is 9.59 Å². The van der Waals surface area contributed by atoms with Crippen LogP contribution in [0.15, 0.2) is 60.9 Å². The average Bonchev–Trinajstić information content (AvgIpc) is 3.45. The molecule has 1 fully saturated rings. The van der Waals surface area contributed by atoms with Crippen LogP contribution >= 0.6 is 11.6 Å². The number of nitrogens with one attached hydrogen (secondary N) is 1. The molecular formula is C32H37ClN6O3. The molecule has 42 heavy (non-hydrogen) atoms. The molecule has 4 aromatic rings. The van der Waals surface area contributed by atoms with E-state index in [-0.39, 0.29) is 11.8 Å². The fraction of sp³-hybridized carbons (Fsp3) is 0.344. The molecule has 2 aliphatic rings. The number of H-pyrrole nitrogens is 1. The number of fused-ring (bicyclic) bond motifs is 2. The number of benzene rings is 2. The first kappa shape index (κ1) is 29.4. The van der Waals surface area contributed by atoms with Crippen molar-refractivity contribution < 1.29 is 14.3 Å². The summed E-state index contributed by atoms with van der Waals surface area (Å²) in [6.07, 6.45) is 4.39. The highest BCUT2D eigenvalue weighted by Crippen LogP contribution is 2.31. The van der Waals surface area contributed by atoms with Gasteiger partial charge in [0.15, 0.2) is 0 Å². The fourth-order valence-electron chi connectivity index (χ4n) is 5.24. The maximum Gasteiger partial charge on any atom is 0.252 e. The summed E-state index contributed by atoms with van der Waals surface area (Å²) in [5.74, 6) is 0.799. The lowest BCUT2D eigenvalue weighted by molar-refractivity contribution is -0.135. The molecule has 0 aliphatic carbocycles. The summed E-state index contributed by atoms with van der Waals surface area (Å²) in [6.45, 7) is 9.28. The molecule has 0 bridgehead atoms. The monoisotopic (exact) mass is 588 g/mol. The number of hydrogen-bond acceptors (Lipinski definition) is 6. The van der Waals surface area contributed by atoms with Gasteiger partial charge in [0.05, 0.1) is 11.8 Å². The van der Waals surface area contributed by atoms with E-state index >= 15 is 0 Å². The first-order chi connectivity index (χ1) is 20.2. The van der Waals surface area contributed by atoms with Crippen LogP contribution in [0, 0.1) is 5.92 Å². The number of halogens is 1. The van der Waals surface area contributed by atoms with E-state index in [1.807, 2.05) is 61.3 Å². The number of anilines is 1. The van der Waals surface area contributed by atoms with Crippen molar-refractivity contribution in [3.63, 3.8) is 0 Å². The smallest absolute Gasteiger partial charge is 0.252 e. The second kappa shape index (κ2) is 12.8. The lowest BCUT2D eigenvalue weighted by atomic mass is 9.99. The molecule has 6 rings (SSSR count). The third-order valence-corrected chi connectivity index (χ3v) is 7.92. The number of carbonyl (C=O) groups is 2. The van der Waals surface area contributed by atoms with Crippen LogP contribution in [0.3, 0.4) is 0 Å². The maximum atomic E-state index is 11.9. The lowest BCUT2D eigenvalue weighted by Gasteiger charge is -2.34. The van der Waals surface area contributed by atoms with Crippen molar-refractivity contribution in [2.45, 2.75) is 26.8 Å². The Morgan fingerprint density at radius 2 is 1.79 bits per heavy atom. The quantitative estimate of drug-likeness (QED) is 0.336. The van der Waals surface area contributed by atoms with Gasteiger partial charge in [-0.1, -0.05) is 31.5 Å². The fourth-order valence-corrected chi connectivity index (χ4v) is 5.44. The zero-order valence-corrected chi connectivity index (χ0v) is 25.0. The van der Waals surface area contributed by atoms with E-state index in [9.17, 15) is 9.59 Å². The molecule has 0 atom stereocenters. The standard InChI is InChI=1S/C19H21N5O2.C13H16ClNO/c1-23-6-8-24(9-7-23)14-2-3-16(18(20)25)17(11-14)26-15-10-13-4-5-21-19(13)22-12-15;1-9(2)13(16)15-6-5-10-3-4-12(14)7-11(10)8-15/h2-5,10-12H,6-9H2,1H3,(H2,20,25)(H,21,22);3-4,7,9H,5-6,8H2,1-2H3. The van der Waals surface area contributed by atoms with E-state index in [1.165, 1.54) is 11.1 Å². The molecule has 9 nitrogen and oxygen atoms in total. The van der Waals surface area contributed by atoms with Crippen LogP contribution in [0.1, 0.15) is 35.3 Å². The molecule has 2 aromatic carbocycles. The van der Waals surface area contributed by atoms with Crippen molar-refractivity contribution in [2.75, 3.05) is 44.7 Å². The topological polar surface area (TPSA) is 108 Å². The van der Waals surface area contributed by atoms with Crippen LogP contribution < -0.4 is 15.4 Å². The Balaban J connectivity index is 0.000000189. The van der Waals surface area contributed by atoms with E-state index in [2.05, 4.69) is 32.9 Å². The Morgan fingerprint density at radius 1 is 1.00 bits per heavy atom. The second-order valence-corrected chi connectivity index (χ2v) is 11.5. The third kappa shape index (κ3) is 6.86. The molecule has 2 aliphatic heterocycles. The maximum absolute atomic E-state index is 11.9. The zero-order valence-electron chi connectivity index (χ0n) is 24.3. The van der Waals surface area contributed by atoms with Crippen LogP contribution in [0.2, 0.25) is 5.02 Å². The first-order valence-corrected chi connectivity index (χ1v) is 14.6. The molecule has 0 unspecified atom stereocenters. The molecule has 0 radical (unpaired) electrons. The molecule has 220 valence electrons. The van der Waals surface area contributed by atoms with Gasteiger partial charge in [0.25, 0.3) is 5.91 Å². The SMILES string of the molecule is CC(C)C(=O)N1CCc2ccc(Cl)cc2C1.CN1CCN(c2ccc(C(N)=O)c(Oc3cnc4[nH]ccc4c3)c2)CC1. The Bertz CT molecular complexity index is 1580. The van der Waals surface area contributed by atoms with E-state index in [1.54, 1.807) is 12.3 Å². The number of pyridine rings is 1. The number of rotatable bonds is 5. The van der Waals surface area contributed by atoms with Crippen LogP contribution in [-0.2, 0) is 17.8 Å². The van der Waals surface area contributed by atoms with E-state index in [4.69, 9.17) is 22.1 Å². The highest BCUT2D eigenvalue weighted by atomic mass is 35.5. The number of aromatic nitrogens is 2. The number of amides is 2. The van der Waals surface area contributed by atoms with Gasteiger partial charge in [-0.05, 0) is 61.0 Å². The van der Waals surface area contributed by atoms with Crippen molar-refractivity contribution >= 4 is 40.1 Å². The number of nitrogens with zero attached hydrogens (tertiary/aromatic N) is 4. The van der Waals surface area contributed by atoms with Crippen LogP contribution in [0.5, 0.6) is 11.5 Å². The minimum Gasteiger partial charge on any atom is -0.455 e. The number of carbonyl (C=O) groups excluding carboxylic acids is 2. The highest BCUT2D eigenvalue weighted by Gasteiger charge is 2.22. The summed E-state index contributed by atoms with van der Waals surface area (Å²) in [5.41, 5.74) is 10.2. The Labute approximate surface area is 251 Å². The molecule has 0 spiro atoms. The van der Waals surface area contributed by atoms with Crippen LogP contribution in [0.4, 0.5) is 5.69 Å². The third-order valence-electron chi connectivity index (χ3n) is 7.69. The van der Waals surface area contributed by atoms with Gasteiger partial charge in [0, 0.05) is 73.5 Å². The normalized spacial score (nSPS) is 15.3. The van der Waals surface area contributed by atoms with Gasteiger partial charge >= 0.3 is 0 Å². The van der Waals surface area contributed by atoms with E-state index in [0.717, 1.165) is 60.9 Å². The van der Waals surface area contributed by atoms with Gasteiger partial charge in [-0.25, -0.2) is 4.98 Å². The molecule has 4 heterocycles. The number of ether oxygens (including phenoxy) is 1. The predicted molar refractivity (Wildman–Crippen MR) is 166 cm³/mol. The molecule has 2 aromatic heterocycles. The minimum absolute atomic E-state index is 0.0701. The summed E-state index contributed by atoms with van der Waals surface area (Å²) in [6, 6.07) is 15.3. The number of primary amides is 1. The number of piperazine rings is 1. The average molecular weight is 589 g/mol. The highest BCUT2D eigenvalue weighted by molar-refractivity contribution is 6.30. The molecule has 1 saturated heterocycles. The predicted octanol–water partition coefficient (Wildman–Crippen LogP) is 5.09. The summed E-state index contributed by atoms with van der Waals surface area (Å²) in [5, 5.41) is 1.69. The van der Waals surface area contributed by atoms with Crippen molar-refractivity contribution in [2.24, 2.45) is 11.7 Å². The molecular weight excluding hydrogens is 552 g/mol. The van der Waals surface area contributed by atoms with Crippen LogP contribution in [-0.4, -0.2) is 71.4 Å². The van der Waals surface area contributed by atoms with Crippen molar-refractivity contribution in [3.8, 4) is 11.5 Å². The van der Waals surface area contributed by atoms with Crippen LogP contribution in [0.25, 0.3) is 11.0 Å². The largest absolute Gasteiger partial charge is 0.455 e. The van der Waals surface area contributed by atoms with Gasteiger partial charge in [-0.2, -0.15) is 0 Å². The summed E-state index contributed by atoms with van der Waals surface area (Å²) in [4.78, 5) is 37.6. The minimum atomic E-state index is -0.513. The first-order valence-electron chi connectivity index (χ1n) is 14.2. The summed E-state index contributed by atoms with van der Waals surface area (Å²) >= 11 is 5.96. The summed E-state index contributed by atoms with van der Waals surface area (Å²) in [7, 11) is 2.12. The number of likely N-dealkylation sites (N-methyl/N-ethyl adjacent to an activating group) is 1. The molecule has 3 N–H and O–H groups in total. The van der Waals surface area contributed by atoms with Gasteiger partial charge < -0.3 is 30.2 Å². The molecule has 10 heteroatoms. The van der Waals surface area contributed by atoms with Gasteiger partial charge in [-0.15, -0.1) is 0 Å². The molecule has 2 amide bonds. The lowest BCUT2D eigenvalue weighted by Crippen LogP contribution is -2.44. The Hall–Kier alpha value is -4.08. The molecule has 0 saturated carbocycles. The van der Waals surface area contributed by atoms with Gasteiger partial charge in [0.1, 0.15) is 17.1 Å². The summed E-state index contributed by atoms with van der Waals surface area (Å²) < 4.78 is 5.99. The zero-order chi connectivity index (χ0) is 29.8. The second-order valence-electron chi connectivity index (χ2n) is 11.1.